The predicted octanol–water partition coefficient (Wildman–Crippen LogP) is 16.8. The van der Waals surface area contributed by atoms with E-state index in [1.54, 1.807) is 0 Å². The van der Waals surface area contributed by atoms with Crippen molar-refractivity contribution in [1.29, 1.82) is 0 Å². The summed E-state index contributed by atoms with van der Waals surface area (Å²) < 4.78 is 8.66. The third-order valence-corrected chi connectivity index (χ3v) is 12.4. The number of rotatable bonds is 8. The van der Waals surface area contributed by atoms with Gasteiger partial charge in [0.25, 0.3) is 0 Å². The highest BCUT2D eigenvalue weighted by atomic mass is 16.3. The lowest BCUT2D eigenvalue weighted by Crippen LogP contribution is -2.11. The van der Waals surface area contributed by atoms with Crippen molar-refractivity contribution < 1.29 is 4.42 Å². The van der Waals surface area contributed by atoms with Gasteiger partial charge in [0.05, 0.1) is 16.7 Å². The van der Waals surface area contributed by atoms with E-state index in [4.69, 9.17) is 4.42 Å². The Balaban J connectivity index is 0.983. The van der Waals surface area contributed by atoms with Crippen molar-refractivity contribution in [3.05, 3.63) is 243 Å². The van der Waals surface area contributed by atoms with Crippen molar-refractivity contribution >= 4 is 60.8 Å². The zero-order valence-electron chi connectivity index (χ0n) is 34.4. The highest BCUT2D eigenvalue weighted by Crippen LogP contribution is 2.45. The molecule has 63 heavy (non-hydrogen) atoms. The van der Waals surface area contributed by atoms with E-state index in [0.717, 1.165) is 72.5 Å². The number of hydrogen-bond acceptors (Lipinski definition) is 2. The van der Waals surface area contributed by atoms with E-state index >= 15 is 0 Å². The van der Waals surface area contributed by atoms with Crippen molar-refractivity contribution in [2.24, 2.45) is 0 Å². The maximum Gasteiger partial charge on any atom is 0.136 e. The van der Waals surface area contributed by atoms with E-state index in [1.165, 1.54) is 38.5 Å². The number of hydrogen-bond donors (Lipinski definition) is 0. The van der Waals surface area contributed by atoms with Crippen LogP contribution in [0.1, 0.15) is 0 Å². The quantitative estimate of drug-likeness (QED) is 0.153. The number of benzene rings is 10. The van der Waals surface area contributed by atoms with E-state index in [0.29, 0.717) is 0 Å². The van der Waals surface area contributed by atoms with Gasteiger partial charge in [-0.15, -0.1) is 0 Å². The Hall–Kier alpha value is -8.40. The van der Waals surface area contributed by atoms with Crippen LogP contribution in [-0.4, -0.2) is 4.57 Å². The zero-order chi connectivity index (χ0) is 41.7. The highest BCUT2D eigenvalue weighted by Gasteiger charge is 2.20. The first kappa shape index (κ1) is 36.5. The molecule has 0 radical (unpaired) electrons. The number of para-hydroxylation sites is 4. The topological polar surface area (TPSA) is 21.3 Å². The number of anilines is 3. The van der Waals surface area contributed by atoms with E-state index in [-0.39, 0.29) is 0 Å². The van der Waals surface area contributed by atoms with Crippen LogP contribution in [0.5, 0.6) is 0 Å². The van der Waals surface area contributed by atoms with Crippen molar-refractivity contribution in [3.8, 4) is 50.2 Å². The summed E-state index contributed by atoms with van der Waals surface area (Å²) in [5.41, 5.74) is 17.9. The average Bonchev–Trinajstić information content (AvgIpc) is 3.91. The molecule has 2 aromatic heterocycles. The summed E-state index contributed by atoms with van der Waals surface area (Å²) in [7, 11) is 0. The van der Waals surface area contributed by atoms with E-state index < -0.39 is 0 Å². The second-order valence-electron chi connectivity index (χ2n) is 16.1. The lowest BCUT2D eigenvalue weighted by atomic mass is 9.93. The molecule has 0 unspecified atom stereocenters. The van der Waals surface area contributed by atoms with Gasteiger partial charge in [0.1, 0.15) is 11.2 Å². The van der Waals surface area contributed by atoms with Gasteiger partial charge < -0.3 is 13.9 Å². The third kappa shape index (κ3) is 6.29. The molecule has 0 fully saturated rings. The Labute approximate surface area is 366 Å². The molecular formula is C60H40N2O. The second kappa shape index (κ2) is 15.3. The SMILES string of the molecule is c1ccc(-c2ccccc2-c2ccccc2N(c2ccc(-c3cccc(-n4c5ccccc5c5ccccc54)c3)cc2)c2ccc(-c3cccc4oc5ccccc5c34)cc2)cc1. The smallest absolute Gasteiger partial charge is 0.136 e. The summed E-state index contributed by atoms with van der Waals surface area (Å²) in [5.74, 6) is 0. The molecule has 0 saturated heterocycles. The van der Waals surface area contributed by atoms with Crippen LogP contribution in [0.3, 0.4) is 0 Å². The summed E-state index contributed by atoms with van der Waals surface area (Å²) in [4.78, 5) is 2.40. The van der Waals surface area contributed by atoms with E-state index in [2.05, 4.69) is 240 Å². The highest BCUT2D eigenvalue weighted by molar-refractivity contribution is 6.12. The van der Waals surface area contributed by atoms with Crippen molar-refractivity contribution in [2.45, 2.75) is 0 Å². The van der Waals surface area contributed by atoms with Crippen LogP contribution in [-0.2, 0) is 0 Å². The Morgan fingerprint density at radius 2 is 0.825 bits per heavy atom. The van der Waals surface area contributed by atoms with Crippen LogP contribution >= 0.6 is 0 Å². The lowest BCUT2D eigenvalue weighted by molar-refractivity contribution is 0.669. The van der Waals surface area contributed by atoms with Gasteiger partial charge in [0.15, 0.2) is 0 Å². The van der Waals surface area contributed by atoms with Gasteiger partial charge in [-0.3, -0.25) is 0 Å². The number of aromatic nitrogens is 1. The fraction of sp³-hybridized carbons (Fsp3) is 0. The first-order chi connectivity index (χ1) is 31.3. The fourth-order valence-corrected chi connectivity index (χ4v) is 9.54. The molecule has 10 aromatic carbocycles. The molecule has 0 atom stereocenters. The number of nitrogens with zero attached hydrogens (tertiary/aromatic N) is 2. The molecule has 296 valence electrons. The van der Waals surface area contributed by atoms with Crippen LogP contribution in [0.4, 0.5) is 17.1 Å². The molecule has 2 heterocycles. The van der Waals surface area contributed by atoms with Gasteiger partial charge >= 0.3 is 0 Å². The maximum atomic E-state index is 6.28. The zero-order valence-corrected chi connectivity index (χ0v) is 34.4. The molecule has 0 aliphatic carbocycles. The summed E-state index contributed by atoms with van der Waals surface area (Å²) >= 11 is 0. The molecule has 3 heteroatoms. The summed E-state index contributed by atoms with van der Waals surface area (Å²) in [6.07, 6.45) is 0. The molecule has 3 nitrogen and oxygen atoms in total. The normalized spacial score (nSPS) is 11.5. The molecule has 0 spiro atoms. The molecule has 0 saturated carbocycles. The Kier molecular flexibility index (Phi) is 8.83. The summed E-state index contributed by atoms with van der Waals surface area (Å²) in [6, 6.07) is 87.1. The standard InChI is InChI=1S/C60H40N2O/c1-2-16-42(17-3-1)48-20-4-5-21-50(48)51-22-6-10-27-55(51)61(46-38-34-43(35-39-46)49-26-15-31-59-60(49)54-25-9-13-30-58(54)63-59)45-36-32-41(33-37-45)44-18-14-19-47(40-44)62-56-28-11-7-23-52(56)53-24-8-12-29-57(53)62/h1-40H. The monoisotopic (exact) mass is 804 g/mol. The fourth-order valence-electron chi connectivity index (χ4n) is 9.54. The Morgan fingerprint density at radius 1 is 0.317 bits per heavy atom. The summed E-state index contributed by atoms with van der Waals surface area (Å²) in [5, 5.41) is 4.78. The van der Waals surface area contributed by atoms with Gasteiger partial charge in [0.2, 0.25) is 0 Å². The van der Waals surface area contributed by atoms with Gasteiger partial charge in [-0.1, -0.05) is 176 Å². The number of fused-ring (bicyclic) bond motifs is 6. The van der Waals surface area contributed by atoms with Gasteiger partial charge in [-0.05, 0) is 106 Å². The largest absolute Gasteiger partial charge is 0.456 e. The molecular weight excluding hydrogens is 765 g/mol. The minimum Gasteiger partial charge on any atom is -0.456 e. The van der Waals surface area contributed by atoms with E-state index in [1.807, 2.05) is 12.1 Å². The van der Waals surface area contributed by atoms with Gasteiger partial charge in [-0.2, -0.15) is 0 Å². The molecule has 12 rings (SSSR count). The Bertz CT molecular complexity index is 3560. The molecule has 0 aliphatic rings. The van der Waals surface area contributed by atoms with Crippen LogP contribution in [0.2, 0.25) is 0 Å². The van der Waals surface area contributed by atoms with Crippen molar-refractivity contribution in [1.82, 2.24) is 4.57 Å². The maximum absolute atomic E-state index is 6.28. The predicted molar refractivity (Wildman–Crippen MR) is 264 cm³/mol. The summed E-state index contributed by atoms with van der Waals surface area (Å²) in [6.45, 7) is 0. The molecule has 0 bridgehead atoms. The van der Waals surface area contributed by atoms with Crippen LogP contribution in [0, 0.1) is 0 Å². The molecule has 12 aromatic rings. The molecule has 0 aliphatic heterocycles. The third-order valence-electron chi connectivity index (χ3n) is 12.4. The van der Waals surface area contributed by atoms with Crippen LogP contribution in [0.15, 0.2) is 247 Å². The van der Waals surface area contributed by atoms with Crippen LogP contribution in [0.25, 0.3) is 93.9 Å². The average molecular weight is 805 g/mol. The minimum absolute atomic E-state index is 0.895. The minimum atomic E-state index is 0.895. The first-order valence-corrected chi connectivity index (χ1v) is 21.5. The van der Waals surface area contributed by atoms with Crippen LogP contribution < -0.4 is 4.90 Å². The lowest BCUT2D eigenvalue weighted by Gasteiger charge is -2.29. The van der Waals surface area contributed by atoms with E-state index in [9.17, 15) is 0 Å². The first-order valence-electron chi connectivity index (χ1n) is 21.5. The number of furan rings is 1. The molecule has 0 amide bonds. The van der Waals surface area contributed by atoms with Crippen molar-refractivity contribution in [3.63, 3.8) is 0 Å². The second-order valence-corrected chi connectivity index (χ2v) is 16.1. The van der Waals surface area contributed by atoms with Crippen molar-refractivity contribution in [2.75, 3.05) is 4.90 Å². The van der Waals surface area contributed by atoms with Gasteiger partial charge in [-0.25, -0.2) is 0 Å². The van der Waals surface area contributed by atoms with Gasteiger partial charge in [0, 0.05) is 44.2 Å². The molecule has 0 N–H and O–H groups in total. The Morgan fingerprint density at radius 3 is 1.56 bits per heavy atom.